The normalized spacial score (nSPS) is 16.6. The van der Waals surface area contributed by atoms with E-state index in [1.165, 1.54) is 0 Å². The lowest BCUT2D eigenvalue weighted by Crippen LogP contribution is -2.37. The predicted molar refractivity (Wildman–Crippen MR) is 95.8 cm³/mol. The molecule has 6 nitrogen and oxygen atoms in total. The molecule has 0 saturated heterocycles. The van der Waals surface area contributed by atoms with E-state index in [0.29, 0.717) is 6.04 Å². The van der Waals surface area contributed by atoms with Crippen LogP contribution in [0.25, 0.3) is 11.4 Å². The Morgan fingerprint density at radius 3 is 2.68 bits per heavy atom. The number of fused-ring (bicyclic) bond motifs is 1. The summed E-state index contributed by atoms with van der Waals surface area (Å²) < 4.78 is 2.26. The lowest BCUT2D eigenvalue weighted by Gasteiger charge is -2.25. The summed E-state index contributed by atoms with van der Waals surface area (Å²) in [5, 5.41) is 12.2. The monoisotopic (exact) mass is 334 g/mol. The van der Waals surface area contributed by atoms with Gasteiger partial charge in [-0.25, -0.2) is 9.97 Å². The molecule has 4 rings (SSSR count). The number of nitrogens with one attached hydrogen (secondary N) is 1. The Bertz CT molecular complexity index is 811. The molecule has 128 valence electrons. The Morgan fingerprint density at radius 1 is 1.12 bits per heavy atom. The molecule has 3 heterocycles. The highest BCUT2D eigenvalue weighted by Gasteiger charge is 2.21. The fourth-order valence-electron chi connectivity index (χ4n) is 3.26. The van der Waals surface area contributed by atoms with E-state index in [4.69, 9.17) is 0 Å². The zero-order chi connectivity index (χ0) is 17.1. The molecule has 1 atom stereocenters. The van der Waals surface area contributed by atoms with Crippen LogP contribution in [-0.2, 0) is 25.9 Å². The number of hydrogen-bond acceptors (Lipinski definition) is 5. The standard InChI is InChI=1S/C19H22N6/c1-2-17-23-24-18-9-8-16(13-25(17)18)20-10-14-11-21-19(22-12-14)15-6-4-3-5-7-15/h3-7,11-12,16,20H,2,8-10,13H2,1H3/t16-/m0/s1. The van der Waals surface area contributed by atoms with Crippen molar-refractivity contribution in [2.75, 3.05) is 0 Å². The first-order valence-corrected chi connectivity index (χ1v) is 8.84. The van der Waals surface area contributed by atoms with Gasteiger partial charge in [0.05, 0.1) is 0 Å². The predicted octanol–water partition coefficient (Wildman–Crippen LogP) is 2.40. The number of aromatic nitrogens is 5. The molecule has 0 fully saturated rings. The van der Waals surface area contributed by atoms with Gasteiger partial charge in [0.1, 0.15) is 11.6 Å². The van der Waals surface area contributed by atoms with Crippen LogP contribution in [-0.4, -0.2) is 30.8 Å². The van der Waals surface area contributed by atoms with Crippen molar-refractivity contribution in [3.63, 3.8) is 0 Å². The minimum Gasteiger partial charge on any atom is -0.313 e. The second-order valence-electron chi connectivity index (χ2n) is 6.39. The van der Waals surface area contributed by atoms with Crippen LogP contribution in [0.1, 0.15) is 30.6 Å². The molecule has 1 aromatic carbocycles. The Balaban J connectivity index is 1.37. The summed E-state index contributed by atoms with van der Waals surface area (Å²) in [4.78, 5) is 8.98. The summed E-state index contributed by atoms with van der Waals surface area (Å²) in [6.45, 7) is 3.84. The zero-order valence-corrected chi connectivity index (χ0v) is 14.4. The van der Waals surface area contributed by atoms with Crippen LogP contribution in [0.2, 0.25) is 0 Å². The average molecular weight is 334 g/mol. The van der Waals surface area contributed by atoms with Crippen LogP contribution in [0, 0.1) is 0 Å². The molecular weight excluding hydrogens is 312 g/mol. The van der Waals surface area contributed by atoms with Gasteiger partial charge in [-0.1, -0.05) is 37.3 Å². The number of aryl methyl sites for hydroxylation is 2. The van der Waals surface area contributed by atoms with E-state index in [1.54, 1.807) is 0 Å². The summed E-state index contributed by atoms with van der Waals surface area (Å²) >= 11 is 0. The van der Waals surface area contributed by atoms with Gasteiger partial charge in [-0.3, -0.25) is 0 Å². The van der Waals surface area contributed by atoms with Gasteiger partial charge in [0.25, 0.3) is 0 Å². The van der Waals surface area contributed by atoms with Gasteiger partial charge < -0.3 is 9.88 Å². The first kappa shape index (κ1) is 15.9. The molecule has 0 saturated carbocycles. The summed E-state index contributed by atoms with van der Waals surface area (Å²) in [7, 11) is 0. The SMILES string of the molecule is CCc1nnc2n1C[C@@H](NCc1cnc(-c3ccccc3)nc1)CC2. The van der Waals surface area contributed by atoms with E-state index in [-0.39, 0.29) is 0 Å². The van der Waals surface area contributed by atoms with Gasteiger partial charge in [0.2, 0.25) is 0 Å². The molecule has 1 N–H and O–H groups in total. The van der Waals surface area contributed by atoms with Crippen molar-refractivity contribution in [2.24, 2.45) is 0 Å². The van der Waals surface area contributed by atoms with Crippen LogP contribution in [0.4, 0.5) is 0 Å². The molecule has 0 spiro atoms. The second kappa shape index (κ2) is 7.11. The van der Waals surface area contributed by atoms with E-state index in [9.17, 15) is 0 Å². The molecule has 1 aliphatic rings. The van der Waals surface area contributed by atoms with Gasteiger partial charge in [0.15, 0.2) is 5.82 Å². The molecule has 6 heteroatoms. The molecule has 1 aliphatic heterocycles. The average Bonchev–Trinajstić information content (AvgIpc) is 3.10. The first-order chi connectivity index (χ1) is 12.3. The van der Waals surface area contributed by atoms with Gasteiger partial charge >= 0.3 is 0 Å². The minimum atomic E-state index is 0.433. The molecular formula is C19H22N6. The van der Waals surface area contributed by atoms with Crippen LogP contribution in [0.15, 0.2) is 42.7 Å². The van der Waals surface area contributed by atoms with E-state index in [1.807, 2.05) is 42.7 Å². The highest BCUT2D eigenvalue weighted by atomic mass is 15.3. The maximum Gasteiger partial charge on any atom is 0.159 e. The second-order valence-corrected chi connectivity index (χ2v) is 6.39. The van der Waals surface area contributed by atoms with Gasteiger partial charge in [-0.2, -0.15) is 0 Å². The fourth-order valence-corrected chi connectivity index (χ4v) is 3.26. The Morgan fingerprint density at radius 2 is 1.92 bits per heavy atom. The number of nitrogens with zero attached hydrogens (tertiary/aromatic N) is 5. The fraction of sp³-hybridized carbons (Fsp3) is 0.368. The van der Waals surface area contributed by atoms with E-state index in [2.05, 4.69) is 37.0 Å². The van der Waals surface area contributed by atoms with Crippen LogP contribution in [0.3, 0.4) is 0 Å². The third-order valence-electron chi connectivity index (χ3n) is 4.67. The smallest absolute Gasteiger partial charge is 0.159 e. The summed E-state index contributed by atoms with van der Waals surface area (Å²) in [5.41, 5.74) is 2.14. The molecule has 0 unspecified atom stereocenters. The first-order valence-electron chi connectivity index (χ1n) is 8.84. The van der Waals surface area contributed by atoms with Crippen molar-refractivity contribution in [3.8, 4) is 11.4 Å². The van der Waals surface area contributed by atoms with Gasteiger partial charge in [0, 0.05) is 55.5 Å². The van der Waals surface area contributed by atoms with Crippen molar-refractivity contribution in [2.45, 2.75) is 45.3 Å². The lowest BCUT2D eigenvalue weighted by molar-refractivity contribution is 0.373. The van der Waals surface area contributed by atoms with Crippen molar-refractivity contribution in [1.29, 1.82) is 0 Å². The van der Waals surface area contributed by atoms with Crippen LogP contribution < -0.4 is 5.32 Å². The summed E-state index contributed by atoms with van der Waals surface area (Å²) in [5.74, 6) is 2.96. The Hall–Kier alpha value is -2.60. The van der Waals surface area contributed by atoms with E-state index < -0.39 is 0 Å². The largest absolute Gasteiger partial charge is 0.313 e. The van der Waals surface area contributed by atoms with E-state index >= 15 is 0 Å². The maximum atomic E-state index is 4.49. The van der Waals surface area contributed by atoms with Crippen molar-refractivity contribution in [1.82, 2.24) is 30.0 Å². The van der Waals surface area contributed by atoms with Crippen molar-refractivity contribution in [3.05, 3.63) is 59.9 Å². The molecule has 25 heavy (non-hydrogen) atoms. The summed E-state index contributed by atoms with van der Waals surface area (Å²) in [6.07, 6.45) is 6.81. The summed E-state index contributed by atoms with van der Waals surface area (Å²) in [6, 6.07) is 10.5. The Labute approximate surface area is 147 Å². The van der Waals surface area contributed by atoms with E-state index in [0.717, 1.165) is 61.0 Å². The minimum absolute atomic E-state index is 0.433. The molecule has 3 aromatic rings. The van der Waals surface area contributed by atoms with Gasteiger partial charge in [-0.05, 0) is 6.42 Å². The Kier molecular flexibility index (Phi) is 4.52. The molecule has 0 amide bonds. The third kappa shape index (κ3) is 3.44. The quantitative estimate of drug-likeness (QED) is 0.776. The highest BCUT2D eigenvalue weighted by molar-refractivity contribution is 5.53. The van der Waals surface area contributed by atoms with Crippen molar-refractivity contribution < 1.29 is 0 Å². The third-order valence-corrected chi connectivity index (χ3v) is 4.67. The highest BCUT2D eigenvalue weighted by Crippen LogP contribution is 2.16. The maximum absolute atomic E-state index is 4.49. The molecule has 0 radical (unpaired) electrons. The number of benzene rings is 1. The van der Waals surface area contributed by atoms with Gasteiger partial charge in [-0.15, -0.1) is 10.2 Å². The van der Waals surface area contributed by atoms with Crippen LogP contribution >= 0.6 is 0 Å². The number of rotatable bonds is 5. The molecule has 2 aromatic heterocycles. The topological polar surface area (TPSA) is 68.5 Å². The lowest BCUT2D eigenvalue weighted by atomic mass is 10.1. The molecule has 0 bridgehead atoms. The number of hydrogen-bond donors (Lipinski definition) is 1. The van der Waals surface area contributed by atoms with Crippen molar-refractivity contribution >= 4 is 0 Å². The van der Waals surface area contributed by atoms with Crippen LogP contribution in [0.5, 0.6) is 0 Å². The molecule has 0 aliphatic carbocycles. The zero-order valence-electron chi connectivity index (χ0n) is 14.4.